The van der Waals surface area contributed by atoms with E-state index in [2.05, 4.69) is 13.8 Å². The molecule has 1 amide bonds. The number of amides is 1. The van der Waals surface area contributed by atoms with Crippen LogP contribution in [0.15, 0.2) is 0 Å². The Morgan fingerprint density at radius 1 is 0.900 bits per heavy atom. The second kappa shape index (κ2) is 13.2. The maximum absolute atomic E-state index is 13.6. The van der Waals surface area contributed by atoms with Crippen molar-refractivity contribution in [1.29, 1.82) is 0 Å². The fourth-order valence-electron chi connectivity index (χ4n) is 4.48. The number of methoxy groups -OCH3 is 1. The molecule has 0 aromatic heterocycles. The van der Waals surface area contributed by atoms with Gasteiger partial charge in [-0.3, -0.25) is 19.3 Å². The van der Waals surface area contributed by atoms with Crippen molar-refractivity contribution in [3.63, 3.8) is 0 Å². The van der Waals surface area contributed by atoms with Crippen LogP contribution in [-0.4, -0.2) is 73.7 Å². The highest BCUT2D eigenvalue weighted by molar-refractivity contribution is 5.90. The van der Waals surface area contributed by atoms with Crippen molar-refractivity contribution >= 4 is 17.5 Å². The summed E-state index contributed by atoms with van der Waals surface area (Å²) in [6.07, 6.45) is 0.991. The monoisotopic (exact) mass is 426 g/mol. The first-order valence-electron chi connectivity index (χ1n) is 11.3. The van der Waals surface area contributed by atoms with Gasteiger partial charge in [-0.05, 0) is 38.8 Å². The molecule has 0 aliphatic heterocycles. The number of carbonyl (C=O) groups excluding carboxylic acids is 3. The first kappa shape index (κ1) is 28.7. The molecule has 0 aromatic rings. The Labute approximate surface area is 184 Å². The summed E-state index contributed by atoms with van der Waals surface area (Å²) in [5.74, 6) is 0.0668. The molecule has 0 aliphatic carbocycles. The second-order valence-electron chi connectivity index (χ2n) is 9.68. The predicted molar refractivity (Wildman–Crippen MR) is 122 cm³/mol. The fraction of sp³-hybridized carbons (Fsp3) is 0.875. The van der Waals surface area contributed by atoms with Crippen LogP contribution in [0.3, 0.4) is 0 Å². The Morgan fingerprint density at radius 3 is 1.77 bits per heavy atom. The van der Waals surface area contributed by atoms with Crippen LogP contribution < -0.4 is 0 Å². The lowest BCUT2D eigenvalue weighted by molar-refractivity contribution is -0.146. The molecular weight excluding hydrogens is 380 g/mol. The third-order valence-corrected chi connectivity index (χ3v) is 6.25. The molecule has 0 fully saturated rings. The standard InChI is InChI=1S/C24H46N2O4/c1-12-17(6)23(21(30-11)13-18(7)27)26(10)24(29)19(15(2)3)14-20(28)22(16(4)5)25(8)9/h15-17,19,21-23H,12-14H2,1-11H3/t17-,19-,21+,22-,23-/m0/s1. The highest BCUT2D eigenvalue weighted by Crippen LogP contribution is 2.27. The van der Waals surface area contributed by atoms with Gasteiger partial charge in [-0.15, -0.1) is 0 Å². The number of hydrogen-bond acceptors (Lipinski definition) is 5. The minimum Gasteiger partial charge on any atom is -0.379 e. The van der Waals surface area contributed by atoms with E-state index in [4.69, 9.17) is 4.74 Å². The maximum Gasteiger partial charge on any atom is 0.226 e. The minimum atomic E-state index is -0.398. The van der Waals surface area contributed by atoms with Crippen LogP contribution in [-0.2, 0) is 19.1 Å². The average Bonchev–Trinajstić information content (AvgIpc) is 2.63. The van der Waals surface area contributed by atoms with Gasteiger partial charge >= 0.3 is 0 Å². The molecule has 6 heteroatoms. The summed E-state index contributed by atoms with van der Waals surface area (Å²) in [4.78, 5) is 42.1. The molecule has 0 aliphatic rings. The molecule has 0 radical (unpaired) electrons. The molecule has 30 heavy (non-hydrogen) atoms. The van der Waals surface area contributed by atoms with Crippen LogP contribution in [0.1, 0.15) is 67.7 Å². The molecule has 0 unspecified atom stereocenters. The van der Waals surface area contributed by atoms with Gasteiger partial charge < -0.3 is 9.64 Å². The van der Waals surface area contributed by atoms with Gasteiger partial charge in [-0.2, -0.15) is 0 Å². The van der Waals surface area contributed by atoms with Crippen molar-refractivity contribution in [3.05, 3.63) is 0 Å². The third-order valence-electron chi connectivity index (χ3n) is 6.25. The zero-order chi connectivity index (χ0) is 23.8. The van der Waals surface area contributed by atoms with E-state index < -0.39 is 5.92 Å². The van der Waals surface area contributed by atoms with Crippen molar-refractivity contribution in [2.24, 2.45) is 23.7 Å². The highest BCUT2D eigenvalue weighted by atomic mass is 16.5. The Morgan fingerprint density at radius 2 is 1.43 bits per heavy atom. The van der Waals surface area contributed by atoms with Crippen molar-refractivity contribution in [1.82, 2.24) is 9.80 Å². The molecule has 176 valence electrons. The van der Waals surface area contributed by atoms with E-state index in [0.717, 1.165) is 6.42 Å². The van der Waals surface area contributed by atoms with Crippen LogP contribution in [0.5, 0.6) is 0 Å². The minimum absolute atomic E-state index is 0.0326. The summed E-state index contributed by atoms with van der Waals surface area (Å²) >= 11 is 0. The molecule has 0 aromatic carbocycles. The van der Waals surface area contributed by atoms with Crippen LogP contribution in [0, 0.1) is 23.7 Å². The smallest absolute Gasteiger partial charge is 0.226 e. The molecule has 6 nitrogen and oxygen atoms in total. The average molecular weight is 427 g/mol. The molecule has 0 rings (SSSR count). The van der Waals surface area contributed by atoms with Crippen molar-refractivity contribution in [3.8, 4) is 0 Å². The number of ether oxygens (including phenoxy) is 1. The number of Topliss-reactive ketones (excluding diaryl/α,β-unsaturated/α-hetero) is 2. The molecule has 0 bridgehead atoms. The van der Waals surface area contributed by atoms with E-state index in [1.807, 2.05) is 46.7 Å². The fourth-order valence-corrected chi connectivity index (χ4v) is 4.48. The van der Waals surface area contributed by atoms with E-state index in [1.165, 1.54) is 0 Å². The normalized spacial score (nSPS) is 17.0. The van der Waals surface area contributed by atoms with E-state index >= 15 is 0 Å². The number of hydrogen-bond donors (Lipinski definition) is 0. The van der Waals surface area contributed by atoms with E-state index in [0.29, 0.717) is 0 Å². The topological polar surface area (TPSA) is 66.9 Å². The molecule has 0 N–H and O–H groups in total. The summed E-state index contributed by atoms with van der Waals surface area (Å²) in [6, 6.07) is -0.429. The molecule has 0 spiro atoms. The quantitative estimate of drug-likeness (QED) is 0.424. The van der Waals surface area contributed by atoms with Gasteiger partial charge in [0.05, 0.1) is 18.2 Å². The summed E-state index contributed by atoms with van der Waals surface area (Å²) in [5.41, 5.74) is 0. The predicted octanol–water partition coefficient (Wildman–Crippen LogP) is 3.67. The Bertz CT molecular complexity index is 551. The van der Waals surface area contributed by atoms with E-state index in [9.17, 15) is 14.4 Å². The highest BCUT2D eigenvalue weighted by Gasteiger charge is 2.38. The number of ketones is 2. The van der Waals surface area contributed by atoms with Crippen molar-refractivity contribution in [2.45, 2.75) is 85.9 Å². The van der Waals surface area contributed by atoms with Crippen LogP contribution in [0.2, 0.25) is 0 Å². The number of nitrogens with zero attached hydrogens (tertiary/aromatic N) is 2. The molecule has 5 atom stereocenters. The number of likely N-dealkylation sites (N-methyl/N-ethyl adjacent to an activating group) is 2. The van der Waals surface area contributed by atoms with Gasteiger partial charge in [-0.1, -0.05) is 48.0 Å². The van der Waals surface area contributed by atoms with Crippen molar-refractivity contribution < 1.29 is 19.1 Å². The Kier molecular flexibility index (Phi) is 12.6. The lowest BCUT2D eigenvalue weighted by atomic mass is 9.83. The van der Waals surface area contributed by atoms with Gasteiger partial charge in [0.1, 0.15) is 5.78 Å². The zero-order valence-corrected chi connectivity index (χ0v) is 21.2. The van der Waals surface area contributed by atoms with Crippen molar-refractivity contribution in [2.75, 3.05) is 28.3 Å². The van der Waals surface area contributed by atoms with Crippen LogP contribution in [0.4, 0.5) is 0 Å². The number of carbonyl (C=O) groups is 3. The lowest BCUT2D eigenvalue weighted by Gasteiger charge is -2.40. The van der Waals surface area contributed by atoms with Crippen LogP contribution >= 0.6 is 0 Å². The second-order valence-corrected chi connectivity index (χ2v) is 9.68. The van der Waals surface area contributed by atoms with Gasteiger partial charge in [0.25, 0.3) is 0 Å². The first-order valence-corrected chi connectivity index (χ1v) is 11.3. The molecule has 0 saturated carbocycles. The van der Waals surface area contributed by atoms with E-state index in [-0.39, 0.29) is 66.3 Å². The summed E-state index contributed by atoms with van der Waals surface area (Å²) in [7, 11) is 7.20. The third kappa shape index (κ3) is 8.10. The first-order chi connectivity index (χ1) is 13.8. The zero-order valence-electron chi connectivity index (χ0n) is 21.2. The van der Waals surface area contributed by atoms with Gasteiger partial charge in [0.2, 0.25) is 5.91 Å². The molecule has 0 saturated heterocycles. The molecule has 0 heterocycles. The largest absolute Gasteiger partial charge is 0.379 e. The summed E-state index contributed by atoms with van der Waals surface area (Å²) in [5, 5.41) is 0. The van der Waals surface area contributed by atoms with Gasteiger partial charge in [0.15, 0.2) is 5.78 Å². The number of rotatable bonds is 14. The molecular formula is C24H46N2O4. The van der Waals surface area contributed by atoms with Gasteiger partial charge in [-0.25, -0.2) is 0 Å². The van der Waals surface area contributed by atoms with Gasteiger partial charge in [0, 0.05) is 32.9 Å². The SMILES string of the molecule is CC[C@H](C)[C@@H]([C@@H](CC(C)=O)OC)N(C)C(=O)[C@@H](CC(=O)[C@H](C(C)C)N(C)C)C(C)C. The summed E-state index contributed by atoms with van der Waals surface area (Å²) < 4.78 is 5.65. The van der Waals surface area contributed by atoms with E-state index in [1.54, 1.807) is 26.0 Å². The maximum atomic E-state index is 13.6. The summed E-state index contributed by atoms with van der Waals surface area (Å²) in [6.45, 7) is 13.7. The van der Waals surface area contributed by atoms with Crippen LogP contribution in [0.25, 0.3) is 0 Å². The Hall–Kier alpha value is -1.27. The Balaban J connectivity index is 5.80. The lowest BCUT2D eigenvalue weighted by Crippen LogP contribution is -2.52.